The Morgan fingerprint density at radius 3 is 2.83 bits per heavy atom. The molecule has 1 aliphatic carbocycles. The minimum atomic E-state index is -3.49. The van der Waals surface area contributed by atoms with E-state index in [-0.39, 0.29) is 0 Å². The van der Waals surface area contributed by atoms with Gasteiger partial charge in [-0.05, 0) is 25.7 Å². The minimum Gasteiger partial charge on any atom is -0.216 e. The molecule has 0 unspecified atom stereocenters. The van der Waals surface area contributed by atoms with Gasteiger partial charge in [-0.3, -0.25) is 0 Å². The van der Waals surface area contributed by atoms with Gasteiger partial charge >= 0.3 is 0 Å². The van der Waals surface area contributed by atoms with Gasteiger partial charge < -0.3 is 0 Å². The van der Waals surface area contributed by atoms with E-state index < -0.39 is 10.2 Å². The molecule has 0 spiro atoms. The summed E-state index contributed by atoms with van der Waals surface area (Å²) in [6, 6.07) is 0. The van der Waals surface area contributed by atoms with Crippen LogP contribution >= 0.6 is 0 Å². The molecule has 0 saturated carbocycles. The first-order valence-electron chi connectivity index (χ1n) is 4.03. The summed E-state index contributed by atoms with van der Waals surface area (Å²) < 4.78 is 23.2. The van der Waals surface area contributed by atoms with Crippen molar-refractivity contribution in [2.75, 3.05) is 6.54 Å². The number of rotatable bonds is 4. The van der Waals surface area contributed by atoms with Gasteiger partial charge in [0.05, 0.1) is 0 Å². The van der Waals surface area contributed by atoms with Crippen molar-refractivity contribution < 1.29 is 8.42 Å². The Morgan fingerprint density at radius 2 is 2.33 bits per heavy atom. The Labute approximate surface area is 73.0 Å². The standard InChI is InChI=1S/C7H14N2O2S/c8-12(10,11)9-6-5-7-3-1-2-4-7/h3,9H,1-2,4-6H2,(H2,8,10,11). The maximum absolute atomic E-state index is 10.5. The second-order valence-corrected chi connectivity index (χ2v) is 4.32. The predicted molar refractivity (Wildman–Crippen MR) is 47.7 cm³/mol. The highest BCUT2D eigenvalue weighted by atomic mass is 32.2. The number of nitrogens with two attached hydrogens (primary N) is 1. The summed E-state index contributed by atoms with van der Waals surface area (Å²) in [5, 5.41) is 4.76. The molecule has 0 atom stereocenters. The van der Waals surface area contributed by atoms with Crippen molar-refractivity contribution in [1.29, 1.82) is 0 Å². The highest BCUT2D eigenvalue weighted by Crippen LogP contribution is 2.19. The third-order valence-electron chi connectivity index (χ3n) is 1.88. The van der Waals surface area contributed by atoms with Gasteiger partial charge in [-0.2, -0.15) is 8.42 Å². The molecule has 0 amide bonds. The van der Waals surface area contributed by atoms with Gasteiger partial charge in [0.2, 0.25) is 0 Å². The average molecular weight is 190 g/mol. The molecule has 1 aliphatic rings. The van der Waals surface area contributed by atoms with E-state index in [1.807, 2.05) is 0 Å². The molecule has 0 fully saturated rings. The van der Waals surface area contributed by atoms with Gasteiger partial charge in [0.15, 0.2) is 0 Å². The van der Waals surface area contributed by atoms with Gasteiger partial charge in [-0.1, -0.05) is 11.6 Å². The Hall–Kier alpha value is -0.390. The fourth-order valence-electron chi connectivity index (χ4n) is 1.32. The SMILES string of the molecule is NS(=O)(=O)NCCC1=CCCC1. The Kier molecular flexibility index (Phi) is 3.25. The lowest BCUT2D eigenvalue weighted by Crippen LogP contribution is -2.31. The summed E-state index contributed by atoms with van der Waals surface area (Å²) >= 11 is 0. The van der Waals surface area contributed by atoms with E-state index >= 15 is 0 Å². The lowest BCUT2D eigenvalue weighted by molar-refractivity contribution is 0.583. The van der Waals surface area contributed by atoms with E-state index in [1.165, 1.54) is 12.0 Å². The van der Waals surface area contributed by atoms with Crippen molar-refractivity contribution in [2.24, 2.45) is 5.14 Å². The van der Waals surface area contributed by atoms with Crippen molar-refractivity contribution in [3.63, 3.8) is 0 Å². The fraction of sp³-hybridized carbons (Fsp3) is 0.714. The van der Waals surface area contributed by atoms with Gasteiger partial charge in [0.1, 0.15) is 0 Å². The molecule has 0 heterocycles. The molecule has 0 aromatic heterocycles. The third kappa shape index (κ3) is 3.85. The zero-order valence-electron chi connectivity index (χ0n) is 6.91. The molecule has 0 saturated heterocycles. The van der Waals surface area contributed by atoms with Crippen LogP contribution in [0.25, 0.3) is 0 Å². The number of allylic oxidation sites excluding steroid dienone is 1. The predicted octanol–water partition coefficient (Wildman–Crippen LogP) is 0.280. The molecule has 0 aromatic carbocycles. The van der Waals surface area contributed by atoms with E-state index in [0.717, 1.165) is 19.3 Å². The van der Waals surface area contributed by atoms with Gasteiger partial charge in [0, 0.05) is 6.54 Å². The zero-order valence-corrected chi connectivity index (χ0v) is 7.73. The molecule has 70 valence electrons. The lowest BCUT2D eigenvalue weighted by atomic mass is 10.2. The van der Waals surface area contributed by atoms with Crippen LogP contribution in [0.2, 0.25) is 0 Å². The topological polar surface area (TPSA) is 72.2 Å². The fourth-order valence-corrected chi connectivity index (χ4v) is 1.70. The molecule has 0 aliphatic heterocycles. The number of hydrogen-bond donors (Lipinski definition) is 2. The first-order chi connectivity index (χ1) is 5.58. The van der Waals surface area contributed by atoms with Crippen LogP contribution in [-0.2, 0) is 10.2 Å². The van der Waals surface area contributed by atoms with Crippen LogP contribution in [-0.4, -0.2) is 15.0 Å². The van der Waals surface area contributed by atoms with Gasteiger partial charge in [0.25, 0.3) is 10.2 Å². The van der Waals surface area contributed by atoms with Gasteiger partial charge in [-0.25, -0.2) is 9.86 Å². The van der Waals surface area contributed by atoms with E-state index in [2.05, 4.69) is 10.8 Å². The third-order valence-corrected chi connectivity index (χ3v) is 2.49. The van der Waals surface area contributed by atoms with Crippen LogP contribution in [0.4, 0.5) is 0 Å². The number of nitrogens with one attached hydrogen (secondary N) is 1. The van der Waals surface area contributed by atoms with Crippen molar-refractivity contribution >= 4 is 10.2 Å². The Bertz CT molecular complexity index is 269. The summed E-state index contributed by atoms with van der Waals surface area (Å²) in [6.45, 7) is 0.421. The first-order valence-corrected chi connectivity index (χ1v) is 5.58. The van der Waals surface area contributed by atoms with Crippen LogP contribution in [0.3, 0.4) is 0 Å². The number of hydrogen-bond acceptors (Lipinski definition) is 2. The van der Waals surface area contributed by atoms with Crippen LogP contribution in [0.1, 0.15) is 25.7 Å². The summed E-state index contributed by atoms with van der Waals surface area (Å²) in [5.41, 5.74) is 1.34. The minimum absolute atomic E-state index is 0.421. The first kappa shape index (κ1) is 9.70. The summed E-state index contributed by atoms with van der Waals surface area (Å²) in [4.78, 5) is 0. The van der Waals surface area contributed by atoms with E-state index in [4.69, 9.17) is 5.14 Å². The molecular formula is C7H14N2O2S. The largest absolute Gasteiger partial charge is 0.274 e. The van der Waals surface area contributed by atoms with Crippen molar-refractivity contribution in [3.8, 4) is 0 Å². The molecule has 3 N–H and O–H groups in total. The molecule has 0 radical (unpaired) electrons. The average Bonchev–Trinajstić information content (AvgIpc) is 2.36. The van der Waals surface area contributed by atoms with E-state index in [0.29, 0.717) is 6.54 Å². The summed E-state index contributed by atoms with van der Waals surface area (Å²) in [6.07, 6.45) is 6.39. The quantitative estimate of drug-likeness (QED) is 0.625. The van der Waals surface area contributed by atoms with Crippen LogP contribution in [0.15, 0.2) is 11.6 Å². The molecule has 5 heteroatoms. The van der Waals surface area contributed by atoms with Crippen molar-refractivity contribution in [2.45, 2.75) is 25.7 Å². The second kappa shape index (κ2) is 4.02. The van der Waals surface area contributed by atoms with Crippen LogP contribution < -0.4 is 9.86 Å². The highest BCUT2D eigenvalue weighted by Gasteiger charge is 2.05. The maximum atomic E-state index is 10.5. The van der Waals surface area contributed by atoms with Gasteiger partial charge in [-0.15, -0.1) is 0 Å². The highest BCUT2D eigenvalue weighted by molar-refractivity contribution is 7.87. The monoisotopic (exact) mass is 190 g/mol. The van der Waals surface area contributed by atoms with Crippen LogP contribution in [0, 0.1) is 0 Å². The van der Waals surface area contributed by atoms with Crippen molar-refractivity contribution in [1.82, 2.24) is 4.72 Å². The second-order valence-electron chi connectivity index (χ2n) is 2.94. The maximum Gasteiger partial charge on any atom is 0.274 e. The van der Waals surface area contributed by atoms with Crippen molar-refractivity contribution in [3.05, 3.63) is 11.6 Å². The smallest absolute Gasteiger partial charge is 0.216 e. The summed E-state index contributed by atoms with van der Waals surface area (Å²) in [5.74, 6) is 0. The molecule has 1 rings (SSSR count). The van der Waals surface area contributed by atoms with Crippen LogP contribution in [0.5, 0.6) is 0 Å². The molecule has 0 aromatic rings. The molecular weight excluding hydrogens is 176 g/mol. The Balaban J connectivity index is 2.18. The van der Waals surface area contributed by atoms with E-state index in [1.54, 1.807) is 0 Å². The molecule has 4 nitrogen and oxygen atoms in total. The zero-order chi connectivity index (χ0) is 9.03. The molecule has 0 bridgehead atoms. The van der Waals surface area contributed by atoms with E-state index in [9.17, 15) is 8.42 Å². The Morgan fingerprint density at radius 1 is 1.58 bits per heavy atom. The normalized spacial score (nSPS) is 17.9. The molecule has 12 heavy (non-hydrogen) atoms. The summed E-state index contributed by atoms with van der Waals surface area (Å²) in [7, 11) is -3.49. The lowest BCUT2D eigenvalue weighted by Gasteiger charge is -2.01.